The van der Waals surface area contributed by atoms with Gasteiger partial charge in [0.1, 0.15) is 5.78 Å². The average molecular weight is 202 g/mol. The standard InChI is InChI=1S/C13H14O2/c1-12-10-5-3-2-4-9(10)8-13(12,15)7-6-11(12)14/h2-5,15H,6-8H2,1H3/t12-,13+/m1/s1. The summed E-state index contributed by atoms with van der Waals surface area (Å²) in [6.45, 7) is 1.90. The minimum atomic E-state index is -0.826. The van der Waals surface area contributed by atoms with E-state index in [1.165, 1.54) is 0 Å². The number of Topliss-reactive ketones (excluding diaryl/α,β-unsaturated/α-hetero) is 1. The summed E-state index contributed by atoms with van der Waals surface area (Å²) >= 11 is 0. The molecule has 1 N–H and O–H groups in total. The van der Waals surface area contributed by atoms with Gasteiger partial charge in [0.15, 0.2) is 0 Å². The molecule has 0 amide bonds. The molecule has 2 atom stereocenters. The summed E-state index contributed by atoms with van der Waals surface area (Å²) in [5.41, 5.74) is 0.697. The lowest BCUT2D eigenvalue weighted by molar-refractivity contribution is -0.125. The molecule has 2 nitrogen and oxygen atoms in total. The van der Waals surface area contributed by atoms with E-state index in [0.717, 1.165) is 11.1 Å². The lowest BCUT2D eigenvalue weighted by Gasteiger charge is -2.31. The van der Waals surface area contributed by atoms with Crippen molar-refractivity contribution in [2.24, 2.45) is 0 Å². The number of hydrogen-bond donors (Lipinski definition) is 1. The van der Waals surface area contributed by atoms with Crippen LogP contribution in [0.3, 0.4) is 0 Å². The minimum Gasteiger partial charge on any atom is -0.388 e. The van der Waals surface area contributed by atoms with E-state index in [1.54, 1.807) is 0 Å². The molecular weight excluding hydrogens is 188 g/mol. The highest BCUT2D eigenvalue weighted by molar-refractivity contribution is 5.95. The van der Waals surface area contributed by atoms with Gasteiger partial charge in [0.05, 0.1) is 11.0 Å². The molecule has 0 saturated heterocycles. The lowest BCUT2D eigenvalue weighted by atomic mass is 9.75. The monoisotopic (exact) mass is 202 g/mol. The Bertz CT molecular complexity index is 452. The first-order chi connectivity index (χ1) is 7.08. The number of hydrogen-bond acceptors (Lipinski definition) is 2. The normalized spacial score (nSPS) is 37.9. The summed E-state index contributed by atoms with van der Waals surface area (Å²) in [6.07, 6.45) is 1.75. The van der Waals surface area contributed by atoms with Gasteiger partial charge < -0.3 is 5.11 Å². The third-order valence-corrected chi connectivity index (χ3v) is 4.29. The molecular formula is C13H14O2. The van der Waals surface area contributed by atoms with Crippen molar-refractivity contribution < 1.29 is 9.90 Å². The summed E-state index contributed by atoms with van der Waals surface area (Å²) in [4.78, 5) is 12.0. The van der Waals surface area contributed by atoms with Crippen molar-refractivity contribution in [1.82, 2.24) is 0 Å². The number of carbonyl (C=O) groups is 1. The Labute approximate surface area is 88.9 Å². The third kappa shape index (κ3) is 0.864. The average Bonchev–Trinajstić information content (AvgIpc) is 2.58. The summed E-state index contributed by atoms with van der Waals surface area (Å²) in [5.74, 6) is 0.190. The highest BCUT2D eigenvalue weighted by Gasteiger charge is 2.61. The molecule has 1 fully saturated rings. The van der Waals surface area contributed by atoms with Crippen LogP contribution in [-0.2, 0) is 16.6 Å². The second kappa shape index (κ2) is 2.50. The van der Waals surface area contributed by atoms with Gasteiger partial charge >= 0.3 is 0 Å². The van der Waals surface area contributed by atoms with E-state index >= 15 is 0 Å². The van der Waals surface area contributed by atoms with Crippen molar-refractivity contribution in [2.45, 2.75) is 37.2 Å². The van der Waals surface area contributed by atoms with Crippen molar-refractivity contribution in [3.63, 3.8) is 0 Å². The van der Waals surface area contributed by atoms with Gasteiger partial charge in [-0.1, -0.05) is 24.3 Å². The first kappa shape index (κ1) is 9.10. The number of benzene rings is 1. The predicted molar refractivity (Wildman–Crippen MR) is 56.7 cm³/mol. The topological polar surface area (TPSA) is 37.3 Å². The van der Waals surface area contributed by atoms with Gasteiger partial charge in [-0.05, 0) is 24.5 Å². The van der Waals surface area contributed by atoms with Crippen LogP contribution >= 0.6 is 0 Å². The van der Waals surface area contributed by atoms with Gasteiger partial charge in [0.2, 0.25) is 0 Å². The molecule has 1 aromatic rings. The fraction of sp³-hybridized carbons (Fsp3) is 0.462. The highest BCUT2D eigenvalue weighted by atomic mass is 16.3. The molecule has 15 heavy (non-hydrogen) atoms. The highest BCUT2D eigenvalue weighted by Crippen LogP contribution is 2.53. The predicted octanol–water partition coefficient (Wildman–Crippen LogP) is 1.59. The quantitative estimate of drug-likeness (QED) is 0.693. The van der Waals surface area contributed by atoms with Crippen LogP contribution in [0.25, 0.3) is 0 Å². The van der Waals surface area contributed by atoms with E-state index in [1.807, 2.05) is 31.2 Å². The fourth-order valence-electron chi connectivity index (χ4n) is 3.22. The lowest BCUT2D eigenvalue weighted by Crippen LogP contribution is -2.45. The van der Waals surface area contributed by atoms with Crippen LogP contribution in [0, 0.1) is 0 Å². The summed E-state index contributed by atoms with van der Waals surface area (Å²) < 4.78 is 0. The molecule has 0 aliphatic heterocycles. The zero-order valence-corrected chi connectivity index (χ0v) is 8.79. The molecule has 0 aromatic heterocycles. The molecule has 3 rings (SSSR count). The van der Waals surface area contributed by atoms with E-state index in [-0.39, 0.29) is 5.78 Å². The maximum Gasteiger partial charge on any atom is 0.146 e. The first-order valence-electron chi connectivity index (χ1n) is 5.42. The number of ketones is 1. The van der Waals surface area contributed by atoms with Crippen LogP contribution in [0.15, 0.2) is 24.3 Å². The molecule has 0 bridgehead atoms. The third-order valence-electron chi connectivity index (χ3n) is 4.29. The molecule has 2 aliphatic rings. The molecule has 0 radical (unpaired) electrons. The number of rotatable bonds is 0. The van der Waals surface area contributed by atoms with Crippen molar-refractivity contribution in [3.05, 3.63) is 35.4 Å². The van der Waals surface area contributed by atoms with Crippen LogP contribution in [0.4, 0.5) is 0 Å². The molecule has 2 heteroatoms. The zero-order valence-electron chi connectivity index (χ0n) is 8.79. The number of carbonyl (C=O) groups excluding carboxylic acids is 1. The Morgan fingerprint density at radius 3 is 2.87 bits per heavy atom. The van der Waals surface area contributed by atoms with Crippen molar-refractivity contribution in [1.29, 1.82) is 0 Å². The van der Waals surface area contributed by atoms with Crippen LogP contribution in [0.1, 0.15) is 30.9 Å². The van der Waals surface area contributed by atoms with Crippen molar-refractivity contribution in [3.8, 4) is 0 Å². The Morgan fingerprint density at radius 1 is 1.33 bits per heavy atom. The SMILES string of the molecule is C[C@@]12C(=O)CC[C@]1(O)Cc1ccccc12. The smallest absolute Gasteiger partial charge is 0.146 e. The summed E-state index contributed by atoms with van der Waals surface area (Å²) in [5, 5.41) is 10.6. The second-order valence-electron chi connectivity index (χ2n) is 4.91. The van der Waals surface area contributed by atoms with E-state index < -0.39 is 11.0 Å². The van der Waals surface area contributed by atoms with E-state index in [4.69, 9.17) is 0 Å². The maximum atomic E-state index is 12.0. The Kier molecular flexibility index (Phi) is 1.52. The molecule has 1 saturated carbocycles. The summed E-state index contributed by atoms with van der Waals surface area (Å²) in [7, 11) is 0. The van der Waals surface area contributed by atoms with E-state index in [0.29, 0.717) is 19.3 Å². The maximum absolute atomic E-state index is 12.0. The van der Waals surface area contributed by atoms with Gasteiger partial charge in [-0.3, -0.25) is 4.79 Å². The van der Waals surface area contributed by atoms with Gasteiger partial charge in [-0.15, -0.1) is 0 Å². The first-order valence-corrected chi connectivity index (χ1v) is 5.42. The van der Waals surface area contributed by atoms with Crippen LogP contribution in [0.5, 0.6) is 0 Å². The molecule has 78 valence electrons. The summed E-state index contributed by atoms with van der Waals surface area (Å²) in [6, 6.07) is 7.92. The van der Waals surface area contributed by atoms with Crippen LogP contribution in [-0.4, -0.2) is 16.5 Å². The minimum absolute atomic E-state index is 0.190. The Morgan fingerprint density at radius 2 is 2.07 bits per heavy atom. The van der Waals surface area contributed by atoms with E-state index in [9.17, 15) is 9.90 Å². The van der Waals surface area contributed by atoms with Crippen LogP contribution < -0.4 is 0 Å². The van der Waals surface area contributed by atoms with E-state index in [2.05, 4.69) is 0 Å². The zero-order chi connectivity index (χ0) is 10.7. The molecule has 0 unspecified atom stereocenters. The van der Waals surface area contributed by atoms with Gasteiger partial charge in [0, 0.05) is 12.8 Å². The molecule has 0 spiro atoms. The van der Waals surface area contributed by atoms with Crippen LogP contribution in [0.2, 0.25) is 0 Å². The number of aliphatic hydroxyl groups is 1. The molecule has 2 aliphatic carbocycles. The molecule has 0 heterocycles. The Balaban J connectivity index is 2.28. The van der Waals surface area contributed by atoms with Gasteiger partial charge in [0.25, 0.3) is 0 Å². The van der Waals surface area contributed by atoms with Crippen molar-refractivity contribution in [2.75, 3.05) is 0 Å². The van der Waals surface area contributed by atoms with Gasteiger partial charge in [-0.2, -0.15) is 0 Å². The van der Waals surface area contributed by atoms with Gasteiger partial charge in [-0.25, -0.2) is 0 Å². The Hall–Kier alpha value is -1.15. The molecule has 1 aromatic carbocycles. The second-order valence-corrected chi connectivity index (χ2v) is 4.91. The van der Waals surface area contributed by atoms with Crippen molar-refractivity contribution >= 4 is 5.78 Å². The largest absolute Gasteiger partial charge is 0.388 e. The number of fused-ring (bicyclic) bond motifs is 3. The fourth-order valence-corrected chi connectivity index (χ4v) is 3.22.